The Labute approximate surface area is 160 Å². The summed E-state index contributed by atoms with van der Waals surface area (Å²) < 4.78 is 8.21. The van der Waals surface area contributed by atoms with Gasteiger partial charge in [0.25, 0.3) is 0 Å². The van der Waals surface area contributed by atoms with Gasteiger partial charge in [0.1, 0.15) is 6.33 Å². The first-order valence-electron chi connectivity index (χ1n) is 8.57. The van der Waals surface area contributed by atoms with Crippen molar-refractivity contribution in [2.75, 3.05) is 7.11 Å². The zero-order chi connectivity index (χ0) is 19.7. The lowest BCUT2D eigenvalue weighted by Crippen LogP contribution is -2.18. The minimum Gasteiger partial charge on any atom is -0.504 e. The summed E-state index contributed by atoms with van der Waals surface area (Å²) in [4.78, 5) is 4.46. The van der Waals surface area contributed by atoms with Gasteiger partial charge in [-0.2, -0.15) is 10.2 Å². The van der Waals surface area contributed by atoms with Crippen LogP contribution in [-0.4, -0.2) is 37.9 Å². The van der Waals surface area contributed by atoms with Gasteiger partial charge in [0, 0.05) is 0 Å². The van der Waals surface area contributed by atoms with E-state index in [0.29, 0.717) is 22.5 Å². The smallest absolute Gasteiger partial charge is 0.168 e. The van der Waals surface area contributed by atoms with Crippen LogP contribution in [0, 0.1) is 12.3 Å². The second-order valence-electron chi connectivity index (χ2n) is 6.14. The van der Waals surface area contributed by atoms with Gasteiger partial charge in [-0.1, -0.05) is 18.2 Å². The maximum absolute atomic E-state index is 9.69. The Bertz CT molecular complexity index is 1240. The first-order chi connectivity index (χ1) is 13.6. The number of phenols is 1. The van der Waals surface area contributed by atoms with Gasteiger partial charge in [0.15, 0.2) is 22.6 Å². The first kappa shape index (κ1) is 17.5. The number of fused-ring (bicyclic) bond motifs is 1. The Morgan fingerprint density at radius 3 is 2.71 bits per heavy atom. The normalized spacial score (nSPS) is 11.4. The molecule has 8 heteroatoms. The van der Waals surface area contributed by atoms with Crippen molar-refractivity contribution in [1.82, 2.24) is 19.4 Å². The summed E-state index contributed by atoms with van der Waals surface area (Å²) in [6, 6.07) is 14.6. The Morgan fingerprint density at radius 2 is 1.96 bits per heavy atom. The Morgan fingerprint density at radius 1 is 1.18 bits per heavy atom. The first-order valence-corrected chi connectivity index (χ1v) is 8.57. The zero-order valence-corrected chi connectivity index (χ0v) is 15.4. The summed E-state index contributed by atoms with van der Waals surface area (Å²) in [7, 11) is 1.48. The highest BCUT2D eigenvalue weighted by Crippen LogP contribution is 2.25. The fourth-order valence-corrected chi connectivity index (χ4v) is 2.93. The molecule has 0 amide bonds. The predicted octanol–water partition coefficient (Wildman–Crippen LogP) is 2.61. The number of aromatic nitrogens is 4. The predicted molar refractivity (Wildman–Crippen MR) is 105 cm³/mol. The molecule has 0 bridgehead atoms. The summed E-state index contributed by atoms with van der Waals surface area (Å²) in [5, 5.41) is 27.7. The van der Waals surface area contributed by atoms with Crippen molar-refractivity contribution in [2.45, 2.75) is 6.92 Å². The molecule has 4 aromatic rings. The molecule has 140 valence electrons. The maximum atomic E-state index is 9.69. The van der Waals surface area contributed by atoms with Crippen molar-refractivity contribution in [2.24, 2.45) is 5.10 Å². The van der Waals surface area contributed by atoms with Crippen LogP contribution in [0.25, 0.3) is 16.7 Å². The third-order valence-corrected chi connectivity index (χ3v) is 4.33. The van der Waals surface area contributed by atoms with E-state index in [4.69, 9.17) is 10.1 Å². The van der Waals surface area contributed by atoms with Crippen LogP contribution in [0.1, 0.15) is 11.3 Å². The van der Waals surface area contributed by atoms with Crippen molar-refractivity contribution in [3.05, 3.63) is 71.6 Å². The van der Waals surface area contributed by atoms with E-state index in [9.17, 15) is 5.11 Å². The number of hydrogen-bond donors (Lipinski definition) is 2. The molecule has 28 heavy (non-hydrogen) atoms. The Kier molecular flexibility index (Phi) is 4.36. The van der Waals surface area contributed by atoms with Crippen LogP contribution in [0.3, 0.4) is 0 Å². The summed E-state index contributed by atoms with van der Waals surface area (Å²) >= 11 is 0. The second-order valence-corrected chi connectivity index (χ2v) is 6.14. The van der Waals surface area contributed by atoms with Crippen molar-refractivity contribution in [3.63, 3.8) is 0 Å². The molecule has 0 saturated carbocycles. The summed E-state index contributed by atoms with van der Waals surface area (Å²) in [5.74, 6) is 0.411. The summed E-state index contributed by atoms with van der Waals surface area (Å²) in [5.41, 5.74) is 3.09. The molecule has 0 unspecified atom stereocenters. The minimum atomic E-state index is 0.0560. The molecule has 0 spiro atoms. The summed E-state index contributed by atoms with van der Waals surface area (Å²) in [6.07, 6.45) is 3.06. The third kappa shape index (κ3) is 3.01. The third-order valence-electron chi connectivity index (χ3n) is 4.33. The van der Waals surface area contributed by atoms with Gasteiger partial charge in [-0.15, -0.1) is 0 Å². The van der Waals surface area contributed by atoms with Crippen molar-refractivity contribution < 1.29 is 9.84 Å². The number of nitrogens with zero attached hydrogens (tertiary/aromatic N) is 5. The number of methoxy groups -OCH3 is 1. The van der Waals surface area contributed by atoms with E-state index >= 15 is 0 Å². The highest BCUT2D eigenvalue weighted by atomic mass is 16.5. The molecule has 0 fully saturated rings. The largest absolute Gasteiger partial charge is 0.504 e. The number of phenolic OH excluding ortho intramolecular Hbond substituents is 1. The van der Waals surface area contributed by atoms with Crippen molar-refractivity contribution in [1.29, 1.82) is 5.41 Å². The Hall–Kier alpha value is -3.94. The van der Waals surface area contributed by atoms with Gasteiger partial charge >= 0.3 is 0 Å². The molecule has 8 nitrogen and oxygen atoms in total. The van der Waals surface area contributed by atoms with E-state index in [1.54, 1.807) is 23.0 Å². The number of hydrogen-bond acceptors (Lipinski definition) is 6. The van der Waals surface area contributed by atoms with E-state index in [0.717, 1.165) is 11.3 Å². The fourth-order valence-electron chi connectivity index (χ4n) is 2.93. The standard InChI is InChI=1S/C20H18N6O2/c1-13-18-19(21)25(23-11-14-8-9-16(27)17(10-14)28-2)12-22-20(18)26(24-13)15-6-4-3-5-7-15/h3-12,21,27H,1-2H3/b21-19?,23-11+. The molecular formula is C20H18N6O2. The zero-order valence-electron chi connectivity index (χ0n) is 15.4. The second kappa shape index (κ2) is 6.99. The number of aromatic hydroxyl groups is 1. The topological polar surface area (TPSA) is 101 Å². The molecule has 0 aliphatic heterocycles. The van der Waals surface area contributed by atoms with E-state index in [1.807, 2.05) is 37.3 Å². The number of rotatable bonds is 4. The highest BCUT2D eigenvalue weighted by Gasteiger charge is 2.13. The monoisotopic (exact) mass is 374 g/mol. The number of para-hydroxylation sites is 1. The molecule has 4 rings (SSSR count). The van der Waals surface area contributed by atoms with Crippen LogP contribution in [0.15, 0.2) is 60.0 Å². The SMILES string of the molecule is COc1cc(/C=N/n2cnc3c(c(C)nn3-c3ccccc3)c2=N)ccc1O. The summed E-state index contributed by atoms with van der Waals surface area (Å²) in [6.45, 7) is 1.85. The van der Waals surface area contributed by atoms with E-state index in [2.05, 4.69) is 15.2 Å². The minimum absolute atomic E-state index is 0.0560. The molecular weight excluding hydrogens is 356 g/mol. The molecule has 0 aliphatic carbocycles. The van der Waals surface area contributed by atoms with Gasteiger partial charge in [-0.05, 0) is 42.8 Å². The molecule has 0 aliphatic rings. The van der Waals surface area contributed by atoms with Crippen LogP contribution in [0.4, 0.5) is 0 Å². The van der Waals surface area contributed by atoms with E-state index < -0.39 is 0 Å². The number of ether oxygens (including phenoxy) is 1. The van der Waals surface area contributed by atoms with Crippen molar-refractivity contribution >= 4 is 17.2 Å². The quantitative estimate of drug-likeness (QED) is 0.536. The molecule has 0 atom stereocenters. The van der Waals surface area contributed by atoms with Gasteiger partial charge in [0.05, 0.1) is 30.1 Å². The molecule has 0 radical (unpaired) electrons. The van der Waals surface area contributed by atoms with Crippen LogP contribution in [-0.2, 0) is 0 Å². The molecule has 2 heterocycles. The van der Waals surface area contributed by atoms with E-state index in [1.165, 1.54) is 24.2 Å². The van der Waals surface area contributed by atoms with Gasteiger partial charge in [-0.3, -0.25) is 5.41 Å². The molecule has 2 aromatic carbocycles. The lowest BCUT2D eigenvalue weighted by Gasteiger charge is -2.05. The lowest BCUT2D eigenvalue weighted by molar-refractivity contribution is 0.373. The van der Waals surface area contributed by atoms with Crippen LogP contribution >= 0.6 is 0 Å². The number of aryl methyl sites for hydroxylation is 1. The van der Waals surface area contributed by atoms with Crippen molar-refractivity contribution in [3.8, 4) is 17.2 Å². The van der Waals surface area contributed by atoms with Crippen LogP contribution in [0.5, 0.6) is 11.5 Å². The van der Waals surface area contributed by atoms with Crippen LogP contribution in [0.2, 0.25) is 0 Å². The lowest BCUT2D eigenvalue weighted by atomic mass is 10.2. The van der Waals surface area contributed by atoms with Gasteiger partial charge in [-0.25, -0.2) is 14.3 Å². The average Bonchev–Trinajstić information content (AvgIpc) is 3.06. The highest BCUT2D eigenvalue weighted by molar-refractivity contribution is 5.81. The van der Waals surface area contributed by atoms with E-state index in [-0.39, 0.29) is 11.2 Å². The molecule has 2 N–H and O–H groups in total. The maximum Gasteiger partial charge on any atom is 0.168 e. The number of nitrogens with one attached hydrogen (secondary N) is 1. The molecule has 0 saturated heterocycles. The molecule has 2 aromatic heterocycles. The van der Waals surface area contributed by atoms with Gasteiger partial charge in [0.2, 0.25) is 0 Å². The average molecular weight is 374 g/mol. The Balaban J connectivity index is 1.77. The number of benzene rings is 2. The van der Waals surface area contributed by atoms with Gasteiger partial charge < -0.3 is 9.84 Å². The fraction of sp³-hybridized carbons (Fsp3) is 0.100. The van der Waals surface area contributed by atoms with Crippen LogP contribution < -0.4 is 10.2 Å².